The molecule has 0 radical (unpaired) electrons. The van der Waals surface area contributed by atoms with Gasteiger partial charge >= 0.3 is 0 Å². The van der Waals surface area contributed by atoms with Gasteiger partial charge < -0.3 is 0 Å². The molecule has 0 saturated heterocycles. The van der Waals surface area contributed by atoms with Gasteiger partial charge in [0, 0.05) is 18.9 Å². The summed E-state index contributed by atoms with van der Waals surface area (Å²) in [6.45, 7) is 1.33. The van der Waals surface area contributed by atoms with Gasteiger partial charge in [-0.05, 0) is 0 Å². The summed E-state index contributed by atoms with van der Waals surface area (Å²) in [5.74, 6) is 1.75. The van der Waals surface area contributed by atoms with Crippen molar-refractivity contribution in [3.8, 4) is 18.0 Å². The minimum absolute atomic E-state index is 0.257. The zero-order valence-corrected chi connectivity index (χ0v) is 4.36. The molecule has 0 aliphatic heterocycles. The Hall–Kier alpha value is -1.48. The summed E-state index contributed by atoms with van der Waals surface area (Å²) in [5, 5.41) is 9.93. The number of hydrogen-bond donors (Lipinski definition) is 1. The zero-order valence-electron chi connectivity index (χ0n) is 4.36. The third-order valence-corrected chi connectivity index (χ3v) is 0.357. The van der Waals surface area contributed by atoms with Crippen LogP contribution in [0.1, 0.15) is 6.92 Å². The van der Waals surface area contributed by atoms with E-state index in [1.807, 2.05) is 5.92 Å². The first-order chi connectivity index (χ1) is 3.77. The van der Waals surface area contributed by atoms with Gasteiger partial charge in [0.05, 0.1) is 0 Å². The lowest BCUT2D eigenvalue weighted by Crippen LogP contribution is -2.11. The van der Waals surface area contributed by atoms with Crippen LogP contribution in [0.3, 0.4) is 0 Å². The van der Waals surface area contributed by atoms with E-state index in [0.29, 0.717) is 0 Å². The van der Waals surface area contributed by atoms with E-state index in [4.69, 9.17) is 5.26 Å². The van der Waals surface area contributed by atoms with Crippen molar-refractivity contribution in [3.05, 3.63) is 0 Å². The molecule has 1 N–H and O–H groups in total. The van der Waals surface area contributed by atoms with Gasteiger partial charge in [-0.2, -0.15) is 5.26 Å². The molecule has 0 aliphatic carbocycles. The van der Waals surface area contributed by atoms with Crippen LogP contribution in [0.5, 0.6) is 0 Å². The molecule has 0 atom stereocenters. The monoisotopic (exact) mass is 108 g/mol. The molecule has 0 aliphatic rings. The Morgan fingerprint density at radius 2 is 2.38 bits per heavy atom. The van der Waals surface area contributed by atoms with E-state index in [9.17, 15) is 4.79 Å². The molecule has 0 fully saturated rings. The number of carbonyl (C=O) groups excluding carboxylic acids is 1. The Morgan fingerprint density at radius 1 is 1.75 bits per heavy atom. The van der Waals surface area contributed by atoms with E-state index < -0.39 is 0 Å². The molecule has 0 aromatic heterocycles. The first-order valence-corrected chi connectivity index (χ1v) is 1.93. The van der Waals surface area contributed by atoms with Gasteiger partial charge in [-0.15, -0.1) is 0 Å². The van der Waals surface area contributed by atoms with Gasteiger partial charge in [-0.1, -0.05) is 0 Å². The fraction of sp³-hybridized carbons (Fsp3) is 0.200. The molecule has 1 amide bonds. The summed E-state index contributed by atoms with van der Waals surface area (Å²) in [7, 11) is 0. The van der Waals surface area contributed by atoms with Crippen molar-refractivity contribution in [2.75, 3.05) is 0 Å². The summed E-state index contributed by atoms with van der Waals surface area (Å²) >= 11 is 0. The maximum Gasteiger partial charge on any atom is 0.228 e. The maximum atomic E-state index is 10.00. The fourth-order valence-electron chi connectivity index (χ4n) is 0.147. The predicted octanol–water partition coefficient (Wildman–Crippen LogP) is -0.393. The van der Waals surface area contributed by atoms with E-state index >= 15 is 0 Å². The molecule has 0 unspecified atom stereocenters. The molecule has 0 aromatic carbocycles. The molecule has 0 saturated carbocycles. The Balaban J connectivity index is 3.48. The van der Waals surface area contributed by atoms with Crippen LogP contribution in [0.25, 0.3) is 0 Å². The number of amides is 1. The molecule has 3 heteroatoms. The average Bonchev–Trinajstić information content (AvgIpc) is 1.66. The Kier molecular flexibility index (Phi) is 3.02. The molecule has 3 nitrogen and oxygen atoms in total. The van der Waals surface area contributed by atoms with Crippen LogP contribution in [-0.2, 0) is 4.79 Å². The van der Waals surface area contributed by atoms with E-state index in [1.54, 1.807) is 6.07 Å². The van der Waals surface area contributed by atoms with Crippen molar-refractivity contribution >= 4 is 5.91 Å². The number of carbonyl (C=O) groups is 1. The third-order valence-electron chi connectivity index (χ3n) is 0.357. The Labute approximate surface area is 47.3 Å². The summed E-state index contributed by atoms with van der Waals surface area (Å²) in [6.07, 6.45) is 0. The second-order valence-corrected chi connectivity index (χ2v) is 1.04. The van der Waals surface area contributed by atoms with Gasteiger partial charge in [0.1, 0.15) is 0 Å². The first kappa shape index (κ1) is 6.52. The van der Waals surface area contributed by atoms with Crippen molar-refractivity contribution in [1.82, 2.24) is 5.32 Å². The number of hydrogen-bond acceptors (Lipinski definition) is 2. The van der Waals surface area contributed by atoms with Crippen LogP contribution in [0.15, 0.2) is 0 Å². The summed E-state index contributed by atoms with van der Waals surface area (Å²) in [5.41, 5.74) is 0. The highest BCUT2D eigenvalue weighted by Crippen LogP contribution is 1.52. The highest BCUT2D eigenvalue weighted by Gasteiger charge is 1.78. The SMILES string of the molecule is CC(=O)NC#CC#N. The quantitative estimate of drug-likeness (QED) is 0.339. The molecule has 40 valence electrons. The van der Waals surface area contributed by atoms with Crippen LogP contribution < -0.4 is 5.32 Å². The highest BCUT2D eigenvalue weighted by molar-refractivity contribution is 5.74. The lowest BCUT2D eigenvalue weighted by molar-refractivity contribution is -0.117. The molecular weight excluding hydrogens is 104 g/mol. The molecule has 0 aromatic rings. The smallest absolute Gasteiger partial charge is 0.228 e. The van der Waals surface area contributed by atoms with Crippen molar-refractivity contribution in [2.24, 2.45) is 0 Å². The number of nitrogens with one attached hydrogen (secondary N) is 1. The van der Waals surface area contributed by atoms with Crippen molar-refractivity contribution in [2.45, 2.75) is 6.92 Å². The minimum atomic E-state index is -0.257. The van der Waals surface area contributed by atoms with Gasteiger partial charge in [-0.25, -0.2) is 0 Å². The van der Waals surface area contributed by atoms with E-state index in [2.05, 4.69) is 11.4 Å². The van der Waals surface area contributed by atoms with Gasteiger partial charge in [0.2, 0.25) is 5.91 Å². The Bertz CT molecular complexity index is 179. The summed E-state index contributed by atoms with van der Waals surface area (Å²) in [4.78, 5) is 10.00. The van der Waals surface area contributed by atoms with Crippen molar-refractivity contribution in [3.63, 3.8) is 0 Å². The number of nitriles is 1. The maximum absolute atomic E-state index is 10.00. The molecule has 0 heterocycles. The molecule has 0 spiro atoms. The standard InChI is InChI=1S/C5H4N2O/c1-5(8)7-4-2-3-6/h1H3,(H,7,8). The third kappa shape index (κ3) is 4.52. The predicted molar refractivity (Wildman–Crippen MR) is 27.2 cm³/mol. The largest absolute Gasteiger partial charge is 0.284 e. The number of rotatable bonds is 0. The van der Waals surface area contributed by atoms with Gasteiger partial charge in [0.25, 0.3) is 0 Å². The topological polar surface area (TPSA) is 52.9 Å². The lowest BCUT2D eigenvalue weighted by atomic mass is 10.7. The van der Waals surface area contributed by atoms with E-state index in [-0.39, 0.29) is 5.91 Å². The second-order valence-electron chi connectivity index (χ2n) is 1.04. The van der Waals surface area contributed by atoms with E-state index in [0.717, 1.165) is 0 Å². The minimum Gasteiger partial charge on any atom is -0.284 e. The first-order valence-electron chi connectivity index (χ1n) is 1.93. The highest BCUT2D eigenvalue weighted by atomic mass is 16.1. The van der Waals surface area contributed by atoms with Crippen LogP contribution in [-0.4, -0.2) is 5.91 Å². The second kappa shape index (κ2) is 3.70. The van der Waals surface area contributed by atoms with Crippen LogP contribution >= 0.6 is 0 Å². The molecule has 0 rings (SSSR count). The van der Waals surface area contributed by atoms with Crippen LogP contribution in [0, 0.1) is 23.3 Å². The van der Waals surface area contributed by atoms with Crippen LogP contribution in [0.4, 0.5) is 0 Å². The molecular formula is C5H4N2O. The summed E-state index contributed by atoms with van der Waals surface area (Å²) in [6, 6.07) is 3.67. The Morgan fingerprint density at radius 3 is 2.75 bits per heavy atom. The number of nitrogens with zero attached hydrogens (tertiary/aromatic N) is 1. The summed E-state index contributed by atoms with van der Waals surface area (Å²) < 4.78 is 0. The lowest BCUT2D eigenvalue weighted by Gasteiger charge is -1.80. The van der Waals surface area contributed by atoms with Gasteiger partial charge in [-0.3, -0.25) is 10.1 Å². The fourth-order valence-corrected chi connectivity index (χ4v) is 0.147. The molecule has 0 bridgehead atoms. The van der Waals surface area contributed by atoms with E-state index in [1.165, 1.54) is 6.92 Å². The van der Waals surface area contributed by atoms with Gasteiger partial charge in [0.15, 0.2) is 6.07 Å². The van der Waals surface area contributed by atoms with Crippen molar-refractivity contribution in [1.29, 1.82) is 5.26 Å². The molecule has 8 heavy (non-hydrogen) atoms. The van der Waals surface area contributed by atoms with Crippen molar-refractivity contribution < 1.29 is 4.79 Å². The average molecular weight is 108 g/mol. The zero-order chi connectivity index (χ0) is 6.41. The van der Waals surface area contributed by atoms with Crippen LogP contribution in [0.2, 0.25) is 0 Å². The normalized spacial score (nSPS) is 5.50.